The number of amides is 2. The van der Waals surface area contributed by atoms with Crippen LogP contribution in [-0.4, -0.2) is 40.3 Å². The van der Waals surface area contributed by atoms with Gasteiger partial charge in [0.05, 0.1) is 28.4 Å². The van der Waals surface area contributed by atoms with E-state index in [4.69, 9.17) is 18.9 Å². The summed E-state index contributed by atoms with van der Waals surface area (Å²) in [4.78, 5) is 24.4. The third kappa shape index (κ3) is 5.65. The van der Waals surface area contributed by atoms with Gasteiger partial charge in [-0.1, -0.05) is 6.07 Å². The summed E-state index contributed by atoms with van der Waals surface area (Å²) in [5.41, 5.74) is 1.20. The van der Waals surface area contributed by atoms with E-state index in [9.17, 15) is 9.59 Å². The van der Waals surface area contributed by atoms with Gasteiger partial charge in [-0.05, 0) is 35.9 Å². The Balaban J connectivity index is 2.33. The van der Waals surface area contributed by atoms with Crippen molar-refractivity contribution in [3.8, 4) is 23.0 Å². The summed E-state index contributed by atoms with van der Waals surface area (Å²) in [5.74, 6) is 1.19. The predicted octanol–water partition coefficient (Wildman–Crippen LogP) is 2.84. The van der Waals surface area contributed by atoms with E-state index in [2.05, 4.69) is 10.6 Å². The fourth-order valence-corrected chi connectivity index (χ4v) is 2.57. The van der Waals surface area contributed by atoms with Crippen LogP contribution in [0.1, 0.15) is 12.5 Å². The van der Waals surface area contributed by atoms with Crippen LogP contribution in [-0.2, 0) is 9.59 Å². The normalized spacial score (nSPS) is 10.7. The van der Waals surface area contributed by atoms with Crippen LogP contribution >= 0.6 is 0 Å². The summed E-state index contributed by atoms with van der Waals surface area (Å²) < 4.78 is 20.9. The molecule has 0 radical (unpaired) electrons. The molecule has 0 atom stereocenters. The quantitative estimate of drug-likeness (QED) is 0.662. The van der Waals surface area contributed by atoms with Gasteiger partial charge < -0.3 is 29.6 Å². The zero-order valence-electron chi connectivity index (χ0n) is 17.0. The minimum absolute atomic E-state index is 0.0690. The standard InChI is InChI=1S/C21H24N2O6/c1-13(24)22-16(10-14-6-8-17(26-2)19(11-14)28-4)21(25)23-15-7-9-18(27-3)20(12-15)29-5/h6-12H,1-5H3,(H,22,24)(H,23,25)/b16-10-. The lowest BCUT2D eigenvalue weighted by atomic mass is 10.1. The maximum Gasteiger partial charge on any atom is 0.272 e. The Hall–Kier alpha value is -3.68. The summed E-state index contributed by atoms with van der Waals surface area (Å²) in [6.07, 6.45) is 1.54. The fraction of sp³-hybridized carbons (Fsp3) is 0.238. The van der Waals surface area contributed by atoms with E-state index in [1.807, 2.05) is 0 Å². The minimum Gasteiger partial charge on any atom is -0.493 e. The van der Waals surface area contributed by atoms with Crippen LogP contribution in [0.25, 0.3) is 6.08 Å². The molecule has 0 bridgehead atoms. The van der Waals surface area contributed by atoms with Gasteiger partial charge in [-0.15, -0.1) is 0 Å². The molecule has 0 spiro atoms. The minimum atomic E-state index is -0.498. The van der Waals surface area contributed by atoms with E-state index in [-0.39, 0.29) is 11.6 Å². The third-order valence-corrected chi connectivity index (χ3v) is 3.92. The van der Waals surface area contributed by atoms with E-state index in [1.54, 1.807) is 42.5 Å². The van der Waals surface area contributed by atoms with E-state index >= 15 is 0 Å². The van der Waals surface area contributed by atoms with E-state index in [0.717, 1.165) is 0 Å². The van der Waals surface area contributed by atoms with Crippen molar-refractivity contribution < 1.29 is 28.5 Å². The number of carbonyl (C=O) groups excluding carboxylic acids is 2. The molecule has 0 saturated heterocycles. The molecule has 8 nitrogen and oxygen atoms in total. The molecule has 154 valence electrons. The monoisotopic (exact) mass is 400 g/mol. The molecule has 2 aromatic rings. The number of nitrogens with one attached hydrogen (secondary N) is 2. The van der Waals surface area contributed by atoms with Crippen LogP contribution in [0.15, 0.2) is 42.1 Å². The zero-order valence-corrected chi connectivity index (χ0v) is 17.0. The van der Waals surface area contributed by atoms with Gasteiger partial charge in [0.25, 0.3) is 5.91 Å². The molecular weight excluding hydrogens is 376 g/mol. The summed E-state index contributed by atoms with van der Waals surface area (Å²) in [5, 5.41) is 5.28. The lowest BCUT2D eigenvalue weighted by Gasteiger charge is -2.13. The smallest absolute Gasteiger partial charge is 0.272 e. The first-order chi connectivity index (χ1) is 13.9. The number of methoxy groups -OCH3 is 4. The van der Waals surface area contributed by atoms with Gasteiger partial charge in [0, 0.05) is 18.7 Å². The number of hydrogen-bond acceptors (Lipinski definition) is 6. The van der Waals surface area contributed by atoms with Crippen molar-refractivity contribution in [2.45, 2.75) is 6.92 Å². The molecule has 2 amide bonds. The molecular formula is C21H24N2O6. The molecule has 0 aliphatic carbocycles. The molecule has 8 heteroatoms. The Morgan fingerprint density at radius 3 is 1.90 bits per heavy atom. The molecule has 29 heavy (non-hydrogen) atoms. The lowest BCUT2D eigenvalue weighted by molar-refractivity contribution is -0.120. The Morgan fingerprint density at radius 2 is 1.34 bits per heavy atom. The van der Waals surface area contributed by atoms with Crippen LogP contribution in [0.4, 0.5) is 5.69 Å². The van der Waals surface area contributed by atoms with Crippen LogP contribution in [0, 0.1) is 0 Å². The van der Waals surface area contributed by atoms with Gasteiger partial charge in [0.15, 0.2) is 23.0 Å². The maximum atomic E-state index is 12.8. The molecule has 2 rings (SSSR count). The fourth-order valence-electron chi connectivity index (χ4n) is 2.57. The SMILES string of the molecule is COc1ccc(/C=C(\NC(C)=O)C(=O)Nc2ccc(OC)c(OC)c2)cc1OC. The van der Waals surface area contributed by atoms with Crippen molar-refractivity contribution >= 4 is 23.6 Å². The van der Waals surface area contributed by atoms with E-state index in [1.165, 1.54) is 35.4 Å². The molecule has 2 aromatic carbocycles. The van der Waals surface area contributed by atoms with Gasteiger partial charge in [0.2, 0.25) is 5.91 Å². The highest BCUT2D eigenvalue weighted by molar-refractivity contribution is 6.08. The second-order valence-corrected chi connectivity index (χ2v) is 5.88. The van der Waals surface area contributed by atoms with Gasteiger partial charge in [-0.25, -0.2) is 0 Å². The highest BCUT2D eigenvalue weighted by atomic mass is 16.5. The largest absolute Gasteiger partial charge is 0.493 e. The molecule has 0 fully saturated rings. The van der Waals surface area contributed by atoms with Crippen molar-refractivity contribution in [3.05, 3.63) is 47.7 Å². The van der Waals surface area contributed by atoms with Crippen molar-refractivity contribution in [1.82, 2.24) is 5.32 Å². The van der Waals surface area contributed by atoms with Crippen LogP contribution < -0.4 is 29.6 Å². The number of ether oxygens (including phenoxy) is 4. The maximum absolute atomic E-state index is 12.8. The molecule has 0 aliphatic heterocycles. The third-order valence-electron chi connectivity index (χ3n) is 3.92. The van der Waals surface area contributed by atoms with Gasteiger partial charge in [-0.3, -0.25) is 9.59 Å². The average Bonchev–Trinajstić information content (AvgIpc) is 2.72. The summed E-state index contributed by atoms with van der Waals surface area (Å²) >= 11 is 0. The predicted molar refractivity (Wildman–Crippen MR) is 110 cm³/mol. The molecule has 0 aliphatic rings. The Bertz CT molecular complexity index is 923. The number of rotatable bonds is 8. The second kappa shape index (κ2) is 10.0. The first kappa shape index (κ1) is 21.6. The van der Waals surface area contributed by atoms with Gasteiger partial charge in [0.1, 0.15) is 5.70 Å². The lowest BCUT2D eigenvalue weighted by Crippen LogP contribution is -2.28. The molecule has 0 saturated carbocycles. The van der Waals surface area contributed by atoms with Crippen LogP contribution in [0.5, 0.6) is 23.0 Å². The van der Waals surface area contributed by atoms with Crippen LogP contribution in [0.3, 0.4) is 0 Å². The molecule has 0 aromatic heterocycles. The van der Waals surface area contributed by atoms with Crippen LogP contribution in [0.2, 0.25) is 0 Å². The van der Waals surface area contributed by atoms with Gasteiger partial charge in [-0.2, -0.15) is 0 Å². The molecule has 0 unspecified atom stereocenters. The number of benzene rings is 2. The number of hydrogen-bond donors (Lipinski definition) is 2. The first-order valence-corrected chi connectivity index (χ1v) is 8.66. The number of carbonyl (C=O) groups is 2. The van der Waals surface area contributed by atoms with Crippen molar-refractivity contribution in [3.63, 3.8) is 0 Å². The summed E-state index contributed by atoms with van der Waals surface area (Å²) in [7, 11) is 6.08. The van der Waals surface area contributed by atoms with E-state index < -0.39 is 5.91 Å². The zero-order chi connectivity index (χ0) is 21.4. The highest BCUT2D eigenvalue weighted by Crippen LogP contribution is 2.30. The Morgan fingerprint density at radius 1 is 0.793 bits per heavy atom. The second-order valence-electron chi connectivity index (χ2n) is 5.88. The average molecular weight is 400 g/mol. The molecule has 0 heterocycles. The van der Waals surface area contributed by atoms with Crippen molar-refractivity contribution in [2.24, 2.45) is 0 Å². The van der Waals surface area contributed by atoms with E-state index in [0.29, 0.717) is 34.2 Å². The number of anilines is 1. The Labute approximate surface area is 169 Å². The van der Waals surface area contributed by atoms with Gasteiger partial charge >= 0.3 is 0 Å². The topological polar surface area (TPSA) is 95.1 Å². The van der Waals surface area contributed by atoms with Crippen molar-refractivity contribution in [2.75, 3.05) is 33.8 Å². The Kier molecular flexibility index (Phi) is 7.47. The first-order valence-electron chi connectivity index (χ1n) is 8.66. The molecule has 2 N–H and O–H groups in total. The summed E-state index contributed by atoms with van der Waals surface area (Å²) in [6.45, 7) is 1.33. The van der Waals surface area contributed by atoms with Crippen molar-refractivity contribution in [1.29, 1.82) is 0 Å². The highest BCUT2D eigenvalue weighted by Gasteiger charge is 2.14. The summed E-state index contributed by atoms with van der Waals surface area (Å²) in [6, 6.07) is 10.1.